The Labute approximate surface area is 172 Å². The first-order valence-electron chi connectivity index (χ1n) is 11.0. The van der Waals surface area contributed by atoms with Crippen LogP contribution < -0.4 is 10.1 Å². The van der Waals surface area contributed by atoms with Crippen LogP contribution in [0.2, 0.25) is 0 Å². The molecule has 2 heterocycles. The highest BCUT2D eigenvalue weighted by molar-refractivity contribution is 5.84. The van der Waals surface area contributed by atoms with Gasteiger partial charge in [0, 0.05) is 32.0 Å². The molecule has 2 amide bonds. The first kappa shape index (κ1) is 20.2. The molecule has 6 nitrogen and oxygen atoms in total. The molecule has 1 saturated heterocycles. The van der Waals surface area contributed by atoms with E-state index in [9.17, 15) is 9.59 Å². The third kappa shape index (κ3) is 4.42. The second kappa shape index (κ2) is 8.74. The van der Waals surface area contributed by atoms with E-state index in [0.29, 0.717) is 32.2 Å². The number of fused-ring (bicyclic) bond motifs is 2. The highest BCUT2D eigenvalue weighted by Gasteiger charge is 2.41. The molecule has 4 rings (SSSR count). The van der Waals surface area contributed by atoms with Crippen LogP contribution in [0.1, 0.15) is 62.5 Å². The van der Waals surface area contributed by atoms with Crippen LogP contribution in [-0.2, 0) is 26.3 Å². The number of nitrogens with zero attached hydrogens (tertiary/aromatic N) is 1. The fourth-order valence-corrected chi connectivity index (χ4v) is 5.06. The van der Waals surface area contributed by atoms with Crippen molar-refractivity contribution in [3.05, 3.63) is 29.3 Å². The van der Waals surface area contributed by atoms with E-state index < -0.39 is 0 Å². The van der Waals surface area contributed by atoms with Crippen LogP contribution in [0.5, 0.6) is 5.75 Å². The van der Waals surface area contributed by atoms with Crippen molar-refractivity contribution < 1.29 is 19.1 Å². The smallest absolute Gasteiger partial charge is 0.223 e. The van der Waals surface area contributed by atoms with Crippen LogP contribution in [-0.4, -0.2) is 49.6 Å². The standard InChI is InChI=1S/C23H32N2O4/c1-28-19-6-7-20-17(16-19)10-15-29-23(20)11-13-25(14-12-23)22(27)9-8-21(26)24-18-4-2-3-5-18/h6-7,16,18H,2-5,8-15H2,1H3,(H,24,26). The van der Waals surface area contributed by atoms with Gasteiger partial charge in [0.15, 0.2) is 0 Å². The lowest BCUT2D eigenvalue weighted by Gasteiger charge is -2.45. The van der Waals surface area contributed by atoms with Gasteiger partial charge < -0.3 is 19.7 Å². The quantitative estimate of drug-likeness (QED) is 0.825. The minimum absolute atomic E-state index is 0.0113. The summed E-state index contributed by atoms with van der Waals surface area (Å²) in [6.45, 7) is 2.05. The number of hydrogen-bond acceptors (Lipinski definition) is 4. The largest absolute Gasteiger partial charge is 0.497 e. The predicted molar refractivity (Wildman–Crippen MR) is 110 cm³/mol. The molecule has 0 aromatic heterocycles. The van der Waals surface area contributed by atoms with Crippen LogP contribution in [0.15, 0.2) is 18.2 Å². The van der Waals surface area contributed by atoms with E-state index in [2.05, 4.69) is 17.4 Å². The number of amides is 2. The second-order valence-electron chi connectivity index (χ2n) is 8.55. The van der Waals surface area contributed by atoms with Gasteiger partial charge in [0.1, 0.15) is 5.75 Å². The lowest BCUT2D eigenvalue weighted by molar-refractivity contribution is -0.142. The average Bonchev–Trinajstić information content (AvgIpc) is 3.25. The average molecular weight is 401 g/mol. The molecule has 0 unspecified atom stereocenters. The highest BCUT2D eigenvalue weighted by Crippen LogP contribution is 2.42. The topological polar surface area (TPSA) is 67.9 Å². The van der Waals surface area contributed by atoms with Gasteiger partial charge in [-0.3, -0.25) is 9.59 Å². The van der Waals surface area contributed by atoms with Crippen molar-refractivity contribution in [2.24, 2.45) is 0 Å². The summed E-state index contributed by atoms with van der Waals surface area (Å²) in [6.07, 6.45) is 7.60. The molecule has 158 valence electrons. The summed E-state index contributed by atoms with van der Waals surface area (Å²) in [5.41, 5.74) is 2.24. The first-order chi connectivity index (χ1) is 14.1. The van der Waals surface area contributed by atoms with E-state index >= 15 is 0 Å². The summed E-state index contributed by atoms with van der Waals surface area (Å²) in [4.78, 5) is 26.6. The van der Waals surface area contributed by atoms with Gasteiger partial charge in [-0.25, -0.2) is 0 Å². The summed E-state index contributed by atoms with van der Waals surface area (Å²) in [7, 11) is 1.69. The van der Waals surface area contributed by atoms with Crippen LogP contribution in [0.3, 0.4) is 0 Å². The van der Waals surface area contributed by atoms with E-state index in [4.69, 9.17) is 9.47 Å². The van der Waals surface area contributed by atoms with Gasteiger partial charge >= 0.3 is 0 Å². The summed E-state index contributed by atoms with van der Waals surface area (Å²) in [6, 6.07) is 6.54. The molecule has 1 aliphatic carbocycles. The summed E-state index contributed by atoms with van der Waals surface area (Å²) in [5, 5.41) is 3.06. The Morgan fingerprint density at radius 1 is 1.21 bits per heavy atom. The Bertz CT molecular complexity index is 749. The molecule has 1 aromatic carbocycles. The molecule has 1 aromatic rings. The Balaban J connectivity index is 1.30. The first-order valence-corrected chi connectivity index (χ1v) is 11.0. The maximum Gasteiger partial charge on any atom is 0.223 e. The number of benzene rings is 1. The van der Waals surface area contributed by atoms with Crippen molar-refractivity contribution in [2.75, 3.05) is 26.8 Å². The predicted octanol–water partition coefficient (Wildman–Crippen LogP) is 2.92. The minimum Gasteiger partial charge on any atom is -0.497 e. The molecule has 0 bridgehead atoms. The zero-order valence-corrected chi connectivity index (χ0v) is 17.4. The Morgan fingerprint density at radius 3 is 2.69 bits per heavy atom. The fourth-order valence-electron chi connectivity index (χ4n) is 5.06. The molecule has 2 fully saturated rings. The normalized spacial score (nSPS) is 21.1. The number of piperidine rings is 1. The maximum absolute atomic E-state index is 12.6. The lowest BCUT2D eigenvalue weighted by atomic mass is 9.79. The Morgan fingerprint density at radius 2 is 1.97 bits per heavy atom. The summed E-state index contributed by atoms with van der Waals surface area (Å²) in [5.74, 6) is 0.966. The molecule has 1 saturated carbocycles. The van der Waals surface area contributed by atoms with E-state index in [0.717, 1.165) is 37.9 Å². The van der Waals surface area contributed by atoms with Gasteiger partial charge in [-0.1, -0.05) is 18.9 Å². The van der Waals surface area contributed by atoms with E-state index in [1.807, 2.05) is 11.0 Å². The molecule has 29 heavy (non-hydrogen) atoms. The summed E-state index contributed by atoms with van der Waals surface area (Å²) >= 11 is 0. The molecule has 1 N–H and O–H groups in total. The molecule has 0 radical (unpaired) electrons. The molecule has 1 spiro atoms. The molecule has 0 atom stereocenters. The fraction of sp³-hybridized carbons (Fsp3) is 0.652. The second-order valence-corrected chi connectivity index (χ2v) is 8.55. The minimum atomic E-state index is -0.295. The Hall–Kier alpha value is -2.08. The number of carbonyl (C=O) groups is 2. The van der Waals surface area contributed by atoms with Crippen LogP contribution >= 0.6 is 0 Å². The van der Waals surface area contributed by atoms with Crippen molar-refractivity contribution in [2.45, 2.75) is 69.4 Å². The summed E-state index contributed by atoms with van der Waals surface area (Å²) < 4.78 is 11.6. The number of ether oxygens (including phenoxy) is 2. The zero-order valence-electron chi connectivity index (χ0n) is 17.4. The van der Waals surface area contributed by atoms with Crippen LogP contribution in [0.25, 0.3) is 0 Å². The Kier molecular flexibility index (Phi) is 6.09. The SMILES string of the molecule is COc1ccc2c(c1)CCOC21CCN(C(=O)CCC(=O)NC2CCCC2)CC1. The lowest BCUT2D eigenvalue weighted by Crippen LogP contribution is -2.48. The number of hydrogen-bond donors (Lipinski definition) is 1. The number of likely N-dealkylation sites (tertiary alicyclic amines) is 1. The van der Waals surface area contributed by atoms with Gasteiger partial charge in [-0.2, -0.15) is 0 Å². The zero-order chi connectivity index (χ0) is 20.3. The molecule has 2 aliphatic heterocycles. The van der Waals surface area contributed by atoms with Crippen LogP contribution in [0.4, 0.5) is 0 Å². The molecule has 6 heteroatoms. The maximum atomic E-state index is 12.6. The van der Waals surface area contributed by atoms with Gasteiger partial charge in [0.2, 0.25) is 11.8 Å². The van der Waals surface area contributed by atoms with E-state index in [1.165, 1.54) is 24.0 Å². The van der Waals surface area contributed by atoms with Gasteiger partial charge in [-0.15, -0.1) is 0 Å². The third-order valence-corrected chi connectivity index (χ3v) is 6.76. The van der Waals surface area contributed by atoms with Gasteiger partial charge in [0.05, 0.1) is 19.3 Å². The van der Waals surface area contributed by atoms with Crippen LogP contribution in [0, 0.1) is 0 Å². The molecule has 3 aliphatic rings. The highest BCUT2D eigenvalue weighted by atomic mass is 16.5. The van der Waals surface area contributed by atoms with Crippen molar-refractivity contribution in [3.8, 4) is 5.75 Å². The van der Waals surface area contributed by atoms with E-state index in [1.54, 1.807) is 7.11 Å². The van der Waals surface area contributed by atoms with Crippen molar-refractivity contribution >= 4 is 11.8 Å². The monoisotopic (exact) mass is 400 g/mol. The van der Waals surface area contributed by atoms with Gasteiger partial charge in [0.25, 0.3) is 0 Å². The van der Waals surface area contributed by atoms with Gasteiger partial charge in [-0.05, 0) is 55.4 Å². The molecular weight excluding hydrogens is 368 g/mol. The number of rotatable bonds is 5. The number of carbonyl (C=O) groups excluding carboxylic acids is 2. The van der Waals surface area contributed by atoms with Crippen molar-refractivity contribution in [1.82, 2.24) is 10.2 Å². The number of nitrogens with one attached hydrogen (secondary N) is 1. The number of methoxy groups -OCH3 is 1. The third-order valence-electron chi connectivity index (χ3n) is 6.76. The van der Waals surface area contributed by atoms with Crippen molar-refractivity contribution in [3.63, 3.8) is 0 Å². The van der Waals surface area contributed by atoms with E-state index in [-0.39, 0.29) is 23.8 Å². The van der Waals surface area contributed by atoms with Crippen molar-refractivity contribution in [1.29, 1.82) is 0 Å². The molecular formula is C23H32N2O4.